The van der Waals surface area contributed by atoms with E-state index in [4.69, 9.17) is 10.8 Å². The van der Waals surface area contributed by atoms with Gasteiger partial charge < -0.3 is 15.9 Å². The first-order valence-electron chi connectivity index (χ1n) is 4.27. The van der Waals surface area contributed by atoms with Crippen molar-refractivity contribution >= 4 is 5.97 Å². The van der Waals surface area contributed by atoms with Gasteiger partial charge in [-0.3, -0.25) is 4.79 Å². The van der Waals surface area contributed by atoms with E-state index in [2.05, 4.69) is 0 Å². The molecule has 4 nitrogen and oxygen atoms in total. The average Bonchev–Trinajstić information content (AvgIpc) is 2.08. The summed E-state index contributed by atoms with van der Waals surface area (Å²) in [5, 5.41) is 17.8. The molecule has 0 aliphatic carbocycles. The van der Waals surface area contributed by atoms with E-state index in [-0.39, 0.29) is 12.2 Å². The topological polar surface area (TPSA) is 83.6 Å². The van der Waals surface area contributed by atoms with Gasteiger partial charge in [0.05, 0.1) is 6.42 Å². The second kappa shape index (κ2) is 4.11. The van der Waals surface area contributed by atoms with Crippen LogP contribution >= 0.6 is 0 Å². The predicted molar refractivity (Wildman–Crippen MR) is 52.0 cm³/mol. The third kappa shape index (κ3) is 2.47. The molecule has 0 heterocycles. The van der Waals surface area contributed by atoms with Crippen molar-refractivity contribution in [3.63, 3.8) is 0 Å². The predicted octanol–water partition coefficient (Wildman–Crippen LogP) is 1.18. The fourth-order valence-electron chi connectivity index (χ4n) is 1.22. The number of carbonyl (C=O) groups is 1. The van der Waals surface area contributed by atoms with Crippen LogP contribution in [0.1, 0.15) is 23.6 Å². The number of benzene rings is 1. The number of rotatable bonds is 3. The number of carboxylic acids is 1. The second-order valence-electron chi connectivity index (χ2n) is 3.25. The highest BCUT2D eigenvalue weighted by atomic mass is 16.4. The van der Waals surface area contributed by atoms with Crippen LogP contribution in [-0.4, -0.2) is 16.2 Å². The number of hydrogen-bond donors (Lipinski definition) is 3. The Bertz CT molecular complexity index is 349. The SMILES string of the molecule is Cc1cc([C@@H](N)CC(=O)O)ccc1O. The van der Waals surface area contributed by atoms with Crippen LogP contribution in [-0.2, 0) is 4.79 Å². The maximum absolute atomic E-state index is 10.4. The molecular formula is C10H13NO3. The molecule has 0 spiro atoms. The van der Waals surface area contributed by atoms with Crippen LogP contribution in [0.5, 0.6) is 5.75 Å². The highest BCUT2D eigenvalue weighted by molar-refractivity contribution is 5.67. The molecule has 0 fully saturated rings. The number of phenols is 1. The van der Waals surface area contributed by atoms with E-state index >= 15 is 0 Å². The Hall–Kier alpha value is -1.55. The molecule has 14 heavy (non-hydrogen) atoms. The minimum absolute atomic E-state index is 0.107. The Kier molecular flexibility index (Phi) is 3.09. The lowest BCUT2D eigenvalue weighted by Gasteiger charge is -2.10. The van der Waals surface area contributed by atoms with Crippen molar-refractivity contribution in [2.45, 2.75) is 19.4 Å². The monoisotopic (exact) mass is 195 g/mol. The summed E-state index contributed by atoms with van der Waals surface area (Å²) < 4.78 is 0. The largest absolute Gasteiger partial charge is 0.508 e. The number of hydrogen-bond acceptors (Lipinski definition) is 3. The normalized spacial score (nSPS) is 12.4. The van der Waals surface area contributed by atoms with Crippen molar-refractivity contribution in [3.8, 4) is 5.75 Å². The third-order valence-electron chi connectivity index (χ3n) is 2.04. The molecule has 4 N–H and O–H groups in total. The molecular weight excluding hydrogens is 182 g/mol. The van der Waals surface area contributed by atoms with Gasteiger partial charge in [-0.15, -0.1) is 0 Å². The van der Waals surface area contributed by atoms with E-state index in [0.29, 0.717) is 5.56 Å². The average molecular weight is 195 g/mol. The van der Waals surface area contributed by atoms with Gasteiger partial charge in [-0.05, 0) is 24.1 Å². The van der Waals surface area contributed by atoms with Crippen molar-refractivity contribution < 1.29 is 15.0 Å². The van der Waals surface area contributed by atoms with Gasteiger partial charge in [-0.25, -0.2) is 0 Å². The summed E-state index contributed by atoms with van der Waals surface area (Å²) in [7, 11) is 0. The lowest BCUT2D eigenvalue weighted by molar-refractivity contribution is -0.137. The van der Waals surface area contributed by atoms with Crippen molar-refractivity contribution in [1.82, 2.24) is 0 Å². The van der Waals surface area contributed by atoms with Gasteiger partial charge >= 0.3 is 5.97 Å². The first-order valence-corrected chi connectivity index (χ1v) is 4.27. The van der Waals surface area contributed by atoms with Crippen LogP contribution < -0.4 is 5.73 Å². The van der Waals surface area contributed by atoms with Crippen LogP contribution in [0.15, 0.2) is 18.2 Å². The first kappa shape index (κ1) is 10.5. The molecule has 0 radical (unpaired) electrons. The van der Waals surface area contributed by atoms with Gasteiger partial charge in [0.15, 0.2) is 0 Å². The van der Waals surface area contributed by atoms with Gasteiger partial charge in [0.1, 0.15) is 5.75 Å². The molecule has 0 saturated heterocycles. The van der Waals surface area contributed by atoms with Crippen LogP contribution in [0, 0.1) is 6.92 Å². The maximum atomic E-state index is 10.4. The van der Waals surface area contributed by atoms with Gasteiger partial charge in [0.25, 0.3) is 0 Å². The number of phenolic OH excluding ortho intramolecular Hbond substituents is 1. The van der Waals surface area contributed by atoms with Crippen molar-refractivity contribution in [3.05, 3.63) is 29.3 Å². The van der Waals surface area contributed by atoms with Gasteiger partial charge in [0, 0.05) is 6.04 Å². The Morgan fingerprint density at radius 3 is 2.71 bits per heavy atom. The number of carboxylic acid groups (broad SMARTS) is 1. The third-order valence-corrected chi connectivity index (χ3v) is 2.04. The lowest BCUT2D eigenvalue weighted by atomic mass is 10.0. The van der Waals surface area contributed by atoms with E-state index in [1.165, 1.54) is 6.07 Å². The summed E-state index contributed by atoms with van der Waals surface area (Å²) in [6.45, 7) is 1.74. The highest BCUT2D eigenvalue weighted by Crippen LogP contribution is 2.21. The molecule has 0 amide bonds. The molecule has 0 aliphatic rings. The molecule has 76 valence electrons. The number of aryl methyl sites for hydroxylation is 1. The zero-order chi connectivity index (χ0) is 10.7. The zero-order valence-electron chi connectivity index (χ0n) is 7.90. The Labute approximate surface area is 82.0 Å². The van der Waals surface area contributed by atoms with Crippen LogP contribution in [0.2, 0.25) is 0 Å². The minimum Gasteiger partial charge on any atom is -0.508 e. The van der Waals surface area contributed by atoms with E-state index in [9.17, 15) is 9.90 Å². The van der Waals surface area contributed by atoms with E-state index in [1.807, 2.05) is 0 Å². The second-order valence-corrected chi connectivity index (χ2v) is 3.25. The summed E-state index contributed by atoms with van der Waals surface area (Å²) in [6, 6.07) is 4.33. The quantitative estimate of drug-likeness (QED) is 0.676. The van der Waals surface area contributed by atoms with Crippen molar-refractivity contribution in [2.24, 2.45) is 5.73 Å². The molecule has 1 aromatic rings. The summed E-state index contributed by atoms with van der Waals surface area (Å²) in [5.74, 6) is -0.737. The molecule has 0 unspecified atom stereocenters. The fourth-order valence-corrected chi connectivity index (χ4v) is 1.22. The zero-order valence-corrected chi connectivity index (χ0v) is 7.90. The number of nitrogens with two attached hydrogens (primary N) is 1. The Morgan fingerprint density at radius 1 is 1.57 bits per heavy atom. The van der Waals surface area contributed by atoms with Gasteiger partial charge in [-0.1, -0.05) is 12.1 Å². The van der Waals surface area contributed by atoms with E-state index < -0.39 is 12.0 Å². The summed E-state index contributed by atoms with van der Waals surface area (Å²) >= 11 is 0. The van der Waals surface area contributed by atoms with Crippen LogP contribution in [0.4, 0.5) is 0 Å². The molecule has 4 heteroatoms. The first-order chi connectivity index (χ1) is 6.50. The highest BCUT2D eigenvalue weighted by Gasteiger charge is 2.11. The molecule has 0 aromatic heterocycles. The van der Waals surface area contributed by atoms with Crippen LogP contribution in [0.3, 0.4) is 0 Å². The van der Waals surface area contributed by atoms with Crippen LogP contribution in [0.25, 0.3) is 0 Å². The van der Waals surface area contributed by atoms with E-state index in [1.54, 1.807) is 19.1 Å². The fraction of sp³-hybridized carbons (Fsp3) is 0.300. The Morgan fingerprint density at radius 2 is 2.21 bits per heavy atom. The van der Waals surface area contributed by atoms with Gasteiger partial charge in [0.2, 0.25) is 0 Å². The summed E-state index contributed by atoms with van der Waals surface area (Å²) in [6.07, 6.45) is -0.107. The van der Waals surface area contributed by atoms with Crippen molar-refractivity contribution in [2.75, 3.05) is 0 Å². The lowest BCUT2D eigenvalue weighted by Crippen LogP contribution is -2.14. The maximum Gasteiger partial charge on any atom is 0.305 e. The number of aliphatic carboxylic acids is 1. The minimum atomic E-state index is -0.928. The standard InChI is InChI=1S/C10H13NO3/c1-6-4-7(2-3-9(6)12)8(11)5-10(13)14/h2-4,8,12H,5,11H2,1H3,(H,13,14)/t8-/m0/s1. The molecule has 0 saturated carbocycles. The Balaban J connectivity index is 2.85. The summed E-state index contributed by atoms with van der Waals surface area (Å²) in [5.41, 5.74) is 7.07. The molecule has 1 aromatic carbocycles. The molecule has 1 rings (SSSR count). The smallest absolute Gasteiger partial charge is 0.305 e. The molecule has 0 aliphatic heterocycles. The molecule has 1 atom stereocenters. The van der Waals surface area contributed by atoms with Crippen molar-refractivity contribution in [1.29, 1.82) is 0 Å². The molecule has 0 bridgehead atoms. The van der Waals surface area contributed by atoms with E-state index in [0.717, 1.165) is 5.56 Å². The summed E-state index contributed by atoms with van der Waals surface area (Å²) in [4.78, 5) is 10.4. The number of aromatic hydroxyl groups is 1. The van der Waals surface area contributed by atoms with Gasteiger partial charge in [-0.2, -0.15) is 0 Å².